The largest absolute Gasteiger partial charge is 0.506 e. The van der Waals surface area contributed by atoms with Crippen molar-refractivity contribution < 1.29 is 10.0 Å². The molecule has 2 aromatic rings. The summed E-state index contributed by atoms with van der Waals surface area (Å²) in [7, 11) is 0. The minimum atomic E-state index is -0.468. The van der Waals surface area contributed by atoms with Crippen LogP contribution in [-0.4, -0.2) is 10.0 Å². The number of unbranched alkanes of at least 4 members (excludes halogenated alkanes) is 1. The molecular formula is C16H17N3O3. The van der Waals surface area contributed by atoms with Gasteiger partial charge in [0.25, 0.3) is 5.69 Å². The Balaban J connectivity index is 2.16. The third kappa shape index (κ3) is 4.12. The van der Waals surface area contributed by atoms with Crippen molar-refractivity contribution >= 4 is 17.1 Å². The van der Waals surface area contributed by atoms with Crippen LogP contribution < -0.4 is 0 Å². The van der Waals surface area contributed by atoms with Gasteiger partial charge in [0.1, 0.15) is 11.4 Å². The molecule has 6 nitrogen and oxygen atoms in total. The zero-order valence-corrected chi connectivity index (χ0v) is 12.3. The molecule has 0 spiro atoms. The number of non-ortho nitro benzene ring substituents is 1. The van der Waals surface area contributed by atoms with E-state index >= 15 is 0 Å². The van der Waals surface area contributed by atoms with E-state index in [1.807, 2.05) is 6.07 Å². The predicted molar refractivity (Wildman–Crippen MR) is 84.0 cm³/mol. The van der Waals surface area contributed by atoms with Gasteiger partial charge in [0, 0.05) is 12.1 Å². The van der Waals surface area contributed by atoms with E-state index in [0.717, 1.165) is 24.8 Å². The van der Waals surface area contributed by atoms with Gasteiger partial charge in [-0.2, -0.15) is 5.11 Å². The molecule has 114 valence electrons. The Kier molecular flexibility index (Phi) is 5.19. The van der Waals surface area contributed by atoms with Gasteiger partial charge >= 0.3 is 0 Å². The van der Waals surface area contributed by atoms with Gasteiger partial charge in [-0.25, -0.2) is 0 Å². The fraction of sp³-hybridized carbons (Fsp3) is 0.250. The fourth-order valence-corrected chi connectivity index (χ4v) is 1.94. The Hall–Kier alpha value is -2.76. The molecule has 0 saturated carbocycles. The van der Waals surface area contributed by atoms with Gasteiger partial charge in [-0.15, -0.1) is 5.11 Å². The van der Waals surface area contributed by atoms with Crippen LogP contribution in [0.2, 0.25) is 0 Å². The number of benzene rings is 2. The predicted octanol–water partition coefficient (Wildman–Crippen LogP) is 5.06. The van der Waals surface area contributed by atoms with Gasteiger partial charge in [-0.3, -0.25) is 10.1 Å². The highest BCUT2D eigenvalue weighted by atomic mass is 16.6. The summed E-state index contributed by atoms with van der Waals surface area (Å²) in [5.74, 6) is 0.0610. The lowest BCUT2D eigenvalue weighted by Gasteiger charge is -2.03. The molecule has 0 unspecified atom stereocenters. The standard InChI is InChI=1S/C16H17N3O3/c1-2-3-4-12-5-10-16(20)15(11-12)18-17-13-6-8-14(9-7-13)19(21)22/h5-11,20H,2-4H2,1H3. The first kappa shape index (κ1) is 15.6. The third-order valence-electron chi connectivity index (χ3n) is 3.19. The smallest absolute Gasteiger partial charge is 0.269 e. The van der Waals surface area contributed by atoms with Gasteiger partial charge in [-0.05, 0) is 42.7 Å². The Morgan fingerprint density at radius 3 is 2.50 bits per heavy atom. The third-order valence-corrected chi connectivity index (χ3v) is 3.19. The second-order valence-electron chi connectivity index (χ2n) is 4.90. The Morgan fingerprint density at radius 1 is 1.14 bits per heavy atom. The second-order valence-corrected chi connectivity index (χ2v) is 4.90. The SMILES string of the molecule is CCCCc1ccc(O)c(N=Nc2ccc([N+](=O)[O-])cc2)c1. The lowest BCUT2D eigenvalue weighted by atomic mass is 10.1. The van der Waals surface area contributed by atoms with Crippen LogP contribution in [0.3, 0.4) is 0 Å². The number of aryl methyl sites for hydroxylation is 1. The molecule has 0 radical (unpaired) electrons. The lowest BCUT2D eigenvalue weighted by Crippen LogP contribution is -1.85. The summed E-state index contributed by atoms with van der Waals surface area (Å²) in [5, 5.41) is 28.4. The maximum absolute atomic E-state index is 10.6. The quantitative estimate of drug-likeness (QED) is 0.459. The molecule has 0 aliphatic rings. The highest BCUT2D eigenvalue weighted by molar-refractivity contribution is 5.53. The summed E-state index contributed by atoms with van der Waals surface area (Å²) in [5.41, 5.74) is 1.98. The first-order valence-electron chi connectivity index (χ1n) is 7.08. The van der Waals surface area contributed by atoms with Crippen LogP contribution in [0.5, 0.6) is 5.75 Å². The fourth-order valence-electron chi connectivity index (χ4n) is 1.94. The molecule has 2 aromatic carbocycles. The molecule has 0 aliphatic heterocycles. The van der Waals surface area contributed by atoms with Gasteiger partial charge in [-0.1, -0.05) is 19.4 Å². The van der Waals surface area contributed by atoms with E-state index in [1.54, 1.807) is 12.1 Å². The Morgan fingerprint density at radius 2 is 1.86 bits per heavy atom. The van der Waals surface area contributed by atoms with Gasteiger partial charge in [0.15, 0.2) is 0 Å². The Labute approximate surface area is 128 Å². The number of nitro benzene ring substituents is 1. The molecule has 1 N–H and O–H groups in total. The number of hydrogen-bond acceptors (Lipinski definition) is 5. The van der Waals surface area contributed by atoms with Crippen LogP contribution in [0.1, 0.15) is 25.3 Å². The summed E-state index contributed by atoms with van der Waals surface area (Å²) in [6, 6.07) is 11.0. The van der Waals surface area contributed by atoms with Crippen molar-refractivity contribution in [2.45, 2.75) is 26.2 Å². The molecular weight excluding hydrogens is 282 g/mol. The summed E-state index contributed by atoms with van der Waals surface area (Å²) >= 11 is 0. The number of nitrogens with zero attached hydrogens (tertiary/aromatic N) is 3. The van der Waals surface area contributed by atoms with E-state index in [-0.39, 0.29) is 11.4 Å². The van der Waals surface area contributed by atoms with Crippen LogP contribution in [-0.2, 0) is 6.42 Å². The highest BCUT2D eigenvalue weighted by Gasteiger charge is 2.04. The van der Waals surface area contributed by atoms with Crippen molar-refractivity contribution in [3.05, 3.63) is 58.1 Å². The van der Waals surface area contributed by atoms with Gasteiger partial charge in [0.2, 0.25) is 0 Å². The molecule has 0 saturated heterocycles. The van der Waals surface area contributed by atoms with E-state index < -0.39 is 4.92 Å². The zero-order valence-electron chi connectivity index (χ0n) is 12.3. The van der Waals surface area contributed by atoms with Crippen LogP contribution in [0.4, 0.5) is 17.1 Å². The van der Waals surface area contributed by atoms with Crippen molar-refractivity contribution in [2.24, 2.45) is 10.2 Å². The van der Waals surface area contributed by atoms with E-state index in [2.05, 4.69) is 17.2 Å². The van der Waals surface area contributed by atoms with Crippen LogP contribution in [0.25, 0.3) is 0 Å². The number of azo groups is 1. The summed E-state index contributed by atoms with van der Waals surface area (Å²) in [6.45, 7) is 2.12. The minimum Gasteiger partial charge on any atom is -0.506 e. The summed E-state index contributed by atoms with van der Waals surface area (Å²) in [6.07, 6.45) is 3.10. The van der Waals surface area contributed by atoms with Gasteiger partial charge < -0.3 is 5.11 Å². The molecule has 0 fully saturated rings. The lowest BCUT2D eigenvalue weighted by molar-refractivity contribution is -0.384. The molecule has 0 aliphatic carbocycles. The van der Waals surface area contributed by atoms with Crippen LogP contribution in [0.15, 0.2) is 52.7 Å². The maximum atomic E-state index is 10.6. The van der Waals surface area contributed by atoms with Crippen molar-refractivity contribution in [3.8, 4) is 5.75 Å². The minimum absolute atomic E-state index is 0.00311. The van der Waals surface area contributed by atoms with Crippen molar-refractivity contribution in [3.63, 3.8) is 0 Å². The zero-order chi connectivity index (χ0) is 15.9. The number of hydrogen-bond donors (Lipinski definition) is 1. The molecule has 0 aromatic heterocycles. The number of aromatic hydroxyl groups is 1. The molecule has 0 bridgehead atoms. The second kappa shape index (κ2) is 7.31. The van der Waals surface area contributed by atoms with E-state index in [4.69, 9.17) is 0 Å². The van der Waals surface area contributed by atoms with Crippen LogP contribution >= 0.6 is 0 Å². The number of phenols is 1. The summed E-state index contributed by atoms with van der Waals surface area (Å²) in [4.78, 5) is 10.1. The topological polar surface area (TPSA) is 88.1 Å². The molecule has 2 rings (SSSR count). The monoisotopic (exact) mass is 299 g/mol. The molecule has 0 heterocycles. The average Bonchev–Trinajstić information content (AvgIpc) is 2.53. The van der Waals surface area contributed by atoms with E-state index in [9.17, 15) is 15.2 Å². The molecule has 0 atom stereocenters. The number of nitro groups is 1. The Bertz CT molecular complexity index is 682. The normalized spacial score (nSPS) is 11.0. The molecule has 22 heavy (non-hydrogen) atoms. The number of phenolic OH excluding ortho intramolecular Hbond substituents is 1. The maximum Gasteiger partial charge on any atom is 0.269 e. The molecule has 6 heteroatoms. The highest BCUT2D eigenvalue weighted by Crippen LogP contribution is 2.30. The van der Waals surface area contributed by atoms with Crippen molar-refractivity contribution in [2.75, 3.05) is 0 Å². The first-order valence-corrected chi connectivity index (χ1v) is 7.08. The van der Waals surface area contributed by atoms with Crippen LogP contribution in [0, 0.1) is 10.1 Å². The first-order chi connectivity index (χ1) is 10.6. The van der Waals surface area contributed by atoms with Crippen molar-refractivity contribution in [1.82, 2.24) is 0 Å². The summed E-state index contributed by atoms with van der Waals surface area (Å²) < 4.78 is 0. The van der Waals surface area contributed by atoms with E-state index in [1.165, 1.54) is 24.3 Å². The van der Waals surface area contributed by atoms with Crippen molar-refractivity contribution in [1.29, 1.82) is 0 Å². The number of rotatable bonds is 6. The molecule has 0 amide bonds. The van der Waals surface area contributed by atoms with Gasteiger partial charge in [0.05, 0.1) is 10.6 Å². The average molecular weight is 299 g/mol. The van der Waals surface area contributed by atoms with E-state index in [0.29, 0.717) is 11.4 Å².